The van der Waals surface area contributed by atoms with E-state index in [2.05, 4.69) is 167 Å². The average molecular weight is 1120 g/mol. The molecule has 0 aliphatic rings. The minimum atomic E-state index is -0.810. The molecule has 6 nitrogen and oxygen atoms in total. The van der Waals surface area contributed by atoms with Crippen LogP contribution in [-0.2, 0) is 28.6 Å². The van der Waals surface area contributed by atoms with Crippen molar-refractivity contribution in [1.29, 1.82) is 0 Å². The Morgan fingerprint density at radius 1 is 0.259 bits per heavy atom. The van der Waals surface area contributed by atoms with Crippen molar-refractivity contribution in [3.63, 3.8) is 0 Å². The van der Waals surface area contributed by atoms with Gasteiger partial charge < -0.3 is 14.2 Å². The maximum atomic E-state index is 12.8. The summed E-state index contributed by atoms with van der Waals surface area (Å²) in [6.45, 7) is 6.33. The molecular formula is C75H122O6. The lowest BCUT2D eigenvalue weighted by molar-refractivity contribution is -0.167. The number of carbonyl (C=O) groups excluding carboxylic acids is 3. The van der Waals surface area contributed by atoms with Gasteiger partial charge in [-0.25, -0.2) is 0 Å². The molecule has 0 saturated heterocycles. The van der Waals surface area contributed by atoms with Crippen LogP contribution in [0.5, 0.6) is 0 Å². The highest BCUT2D eigenvalue weighted by Gasteiger charge is 2.19. The maximum Gasteiger partial charge on any atom is 0.306 e. The third-order valence-electron chi connectivity index (χ3n) is 13.8. The van der Waals surface area contributed by atoms with Crippen LogP contribution in [0.25, 0.3) is 0 Å². The summed E-state index contributed by atoms with van der Waals surface area (Å²) in [6.07, 6.45) is 97.6. The summed E-state index contributed by atoms with van der Waals surface area (Å²) >= 11 is 0. The summed E-state index contributed by atoms with van der Waals surface area (Å²) in [6, 6.07) is 0. The molecule has 0 saturated carbocycles. The number of hydrogen-bond acceptors (Lipinski definition) is 6. The van der Waals surface area contributed by atoms with Gasteiger partial charge in [-0.3, -0.25) is 14.4 Å². The highest BCUT2D eigenvalue weighted by Crippen LogP contribution is 2.16. The van der Waals surface area contributed by atoms with Gasteiger partial charge in [0.2, 0.25) is 0 Å². The van der Waals surface area contributed by atoms with Crippen LogP contribution < -0.4 is 0 Å². The molecule has 0 fully saturated rings. The van der Waals surface area contributed by atoms with Crippen LogP contribution in [-0.4, -0.2) is 37.2 Å². The molecule has 0 aliphatic carbocycles. The first-order chi connectivity index (χ1) is 40.0. The Morgan fingerprint density at radius 3 is 0.790 bits per heavy atom. The van der Waals surface area contributed by atoms with E-state index in [9.17, 15) is 14.4 Å². The summed E-state index contributed by atoms with van der Waals surface area (Å²) in [5.41, 5.74) is 0. The molecule has 0 bridgehead atoms. The van der Waals surface area contributed by atoms with Gasteiger partial charge in [0.1, 0.15) is 13.2 Å². The molecule has 1 unspecified atom stereocenters. The second-order valence-electron chi connectivity index (χ2n) is 21.6. The van der Waals surface area contributed by atoms with Crippen molar-refractivity contribution < 1.29 is 28.6 Å². The van der Waals surface area contributed by atoms with E-state index in [1.165, 1.54) is 122 Å². The topological polar surface area (TPSA) is 78.9 Å². The molecule has 0 heterocycles. The maximum absolute atomic E-state index is 12.8. The Labute approximate surface area is 499 Å². The van der Waals surface area contributed by atoms with Crippen molar-refractivity contribution in [1.82, 2.24) is 0 Å². The Balaban J connectivity index is 4.15. The van der Waals surface area contributed by atoms with Crippen LogP contribution in [0.4, 0.5) is 0 Å². The van der Waals surface area contributed by atoms with E-state index >= 15 is 0 Å². The van der Waals surface area contributed by atoms with Crippen LogP contribution in [0, 0.1) is 0 Å². The van der Waals surface area contributed by atoms with E-state index in [0.717, 1.165) is 122 Å². The summed E-state index contributed by atoms with van der Waals surface area (Å²) in [4.78, 5) is 38.1. The van der Waals surface area contributed by atoms with Crippen molar-refractivity contribution >= 4 is 17.9 Å². The number of unbranched alkanes of at least 4 members (excludes halogenated alkanes) is 24. The monoisotopic (exact) mass is 1120 g/mol. The van der Waals surface area contributed by atoms with Gasteiger partial charge in [0.15, 0.2) is 6.10 Å². The van der Waals surface area contributed by atoms with Gasteiger partial charge in [-0.2, -0.15) is 0 Å². The van der Waals surface area contributed by atoms with Crippen LogP contribution in [0.3, 0.4) is 0 Å². The van der Waals surface area contributed by atoms with Crippen LogP contribution in [0.15, 0.2) is 146 Å². The van der Waals surface area contributed by atoms with Gasteiger partial charge in [0.05, 0.1) is 0 Å². The fourth-order valence-electron chi connectivity index (χ4n) is 8.93. The first-order valence-electron chi connectivity index (χ1n) is 33.3. The number of ether oxygens (including phenoxy) is 3. The van der Waals surface area contributed by atoms with Crippen molar-refractivity contribution in [2.24, 2.45) is 0 Å². The second kappa shape index (κ2) is 67.8. The molecule has 0 aromatic rings. The third-order valence-corrected chi connectivity index (χ3v) is 13.8. The number of esters is 3. The second-order valence-corrected chi connectivity index (χ2v) is 21.6. The fraction of sp³-hybridized carbons (Fsp3) is 0.640. The number of carbonyl (C=O) groups is 3. The highest BCUT2D eigenvalue weighted by atomic mass is 16.6. The Morgan fingerprint density at radius 2 is 0.494 bits per heavy atom. The van der Waals surface area contributed by atoms with Crippen LogP contribution >= 0.6 is 0 Å². The number of allylic oxidation sites excluding steroid dienone is 24. The predicted molar refractivity (Wildman–Crippen MR) is 352 cm³/mol. The SMILES string of the molecule is CC/C=C\C/C=C\C/C=C\C/C=C\C/C=C\C/C=C\C/C=C\CCCC(=O)OC(COC(=O)CCCCCCCCC)COC(=O)CCCCCCCCCCCCCCCCCCC/C=C\C/C=C\C/C=C\C/C=C\C/C=C\CC. The zero-order chi connectivity index (χ0) is 58.5. The molecule has 0 aliphatic heterocycles. The molecule has 81 heavy (non-hydrogen) atoms. The quantitative estimate of drug-likeness (QED) is 0.0261. The molecule has 0 aromatic heterocycles. The number of rotatable bonds is 59. The van der Waals surface area contributed by atoms with E-state index in [1.54, 1.807) is 0 Å². The van der Waals surface area contributed by atoms with E-state index < -0.39 is 6.10 Å². The van der Waals surface area contributed by atoms with Gasteiger partial charge in [0.25, 0.3) is 0 Å². The number of hydrogen-bond donors (Lipinski definition) is 0. The van der Waals surface area contributed by atoms with Gasteiger partial charge in [-0.1, -0.05) is 301 Å². The van der Waals surface area contributed by atoms with E-state index in [0.29, 0.717) is 19.3 Å². The Kier molecular flexibility index (Phi) is 63.9. The molecule has 0 aromatic carbocycles. The lowest BCUT2D eigenvalue weighted by Crippen LogP contribution is -2.30. The van der Waals surface area contributed by atoms with Gasteiger partial charge in [-0.15, -0.1) is 0 Å². The predicted octanol–water partition coefficient (Wildman–Crippen LogP) is 23.1. The third kappa shape index (κ3) is 66.0. The highest BCUT2D eigenvalue weighted by molar-refractivity contribution is 5.71. The van der Waals surface area contributed by atoms with Gasteiger partial charge in [-0.05, 0) is 116 Å². The van der Waals surface area contributed by atoms with Crippen LogP contribution in [0.1, 0.15) is 290 Å². The van der Waals surface area contributed by atoms with Crippen molar-refractivity contribution in [2.75, 3.05) is 13.2 Å². The Bertz CT molecular complexity index is 1760. The van der Waals surface area contributed by atoms with Crippen molar-refractivity contribution in [3.8, 4) is 0 Å². The van der Waals surface area contributed by atoms with Crippen molar-refractivity contribution in [2.45, 2.75) is 297 Å². The molecule has 0 amide bonds. The minimum Gasteiger partial charge on any atom is -0.462 e. The molecule has 458 valence electrons. The minimum absolute atomic E-state index is 0.103. The smallest absolute Gasteiger partial charge is 0.306 e. The fourth-order valence-corrected chi connectivity index (χ4v) is 8.93. The van der Waals surface area contributed by atoms with Crippen LogP contribution in [0.2, 0.25) is 0 Å². The summed E-state index contributed by atoms with van der Waals surface area (Å²) in [7, 11) is 0. The molecular weight excluding hydrogens is 997 g/mol. The first kappa shape index (κ1) is 76.3. The molecule has 0 rings (SSSR count). The Hall–Kier alpha value is -4.71. The van der Waals surface area contributed by atoms with E-state index in [4.69, 9.17) is 14.2 Å². The standard InChI is InChI=1S/C75H122O6/c1-4-7-10-13-16-18-20-22-24-26-28-30-32-33-34-35-36-37-38-39-40-41-43-44-46-48-50-52-54-56-59-62-65-68-74(77)80-71-72(70-79-73(76)67-64-61-58-15-12-9-6-3)81-75(78)69-66-63-60-57-55-53-51-49-47-45-42-31-29-27-25-23-21-19-17-14-11-8-5-2/h7-8,10-11,16-19,22-25,28-31,33-34,45,47,51,53,57,60,72H,4-6,9,12-15,20-21,26-27,32,35-44,46,48-50,52,54-56,58-59,61-71H2,1-3H3/b10-7-,11-8-,18-16-,19-17-,24-22-,25-23-,30-28-,31-29-,34-33-,47-45-,53-51-,60-57-. The zero-order valence-corrected chi connectivity index (χ0v) is 52.5. The first-order valence-corrected chi connectivity index (χ1v) is 33.3. The lowest BCUT2D eigenvalue weighted by atomic mass is 10.0. The van der Waals surface area contributed by atoms with E-state index in [1.807, 2.05) is 0 Å². The van der Waals surface area contributed by atoms with Gasteiger partial charge in [0, 0.05) is 19.3 Å². The van der Waals surface area contributed by atoms with Gasteiger partial charge >= 0.3 is 17.9 Å². The molecule has 0 N–H and O–H groups in total. The zero-order valence-electron chi connectivity index (χ0n) is 52.5. The summed E-state index contributed by atoms with van der Waals surface area (Å²) in [5.74, 6) is -0.967. The normalized spacial score (nSPS) is 13.1. The largest absolute Gasteiger partial charge is 0.462 e. The molecule has 6 heteroatoms. The lowest BCUT2D eigenvalue weighted by Gasteiger charge is -2.18. The van der Waals surface area contributed by atoms with E-state index in [-0.39, 0.29) is 37.5 Å². The summed E-state index contributed by atoms with van der Waals surface area (Å²) in [5, 5.41) is 0. The molecule has 1 atom stereocenters. The van der Waals surface area contributed by atoms with Crippen molar-refractivity contribution in [3.05, 3.63) is 146 Å². The average Bonchev–Trinajstić information content (AvgIpc) is 3.46. The molecule has 0 spiro atoms. The summed E-state index contributed by atoms with van der Waals surface area (Å²) < 4.78 is 16.8. The molecule has 0 radical (unpaired) electrons.